The van der Waals surface area contributed by atoms with Crippen LogP contribution >= 0.6 is 0 Å². The average Bonchev–Trinajstić information content (AvgIpc) is 3.44. The van der Waals surface area contributed by atoms with Crippen molar-refractivity contribution in [3.63, 3.8) is 0 Å². The van der Waals surface area contributed by atoms with Gasteiger partial charge in [-0.05, 0) is 38.8 Å². The molecule has 0 aromatic heterocycles. The molecule has 2 aliphatic heterocycles. The van der Waals surface area contributed by atoms with Gasteiger partial charge in [0, 0.05) is 32.2 Å². The average molecular weight is 462 g/mol. The number of amides is 2. The summed E-state index contributed by atoms with van der Waals surface area (Å²) >= 11 is 0. The maximum Gasteiger partial charge on any atom is 0.283 e. The number of carbonyl (C=O) groups is 2. The Morgan fingerprint density at radius 3 is 2.42 bits per heavy atom. The lowest BCUT2D eigenvalue weighted by Gasteiger charge is -2.32. The predicted octanol–water partition coefficient (Wildman–Crippen LogP) is 0.636. The van der Waals surface area contributed by atoms with E-state index in [-0.39, 0.29) is 19.0 Å². The van der Waals surface area contributed by atoms with Crippen LogP contribution in [0.2, 0.25) is 0 Å². The summed E-state index contributed by atoms with van der Waals surface area (Å²) in [6.45, 7) is 9.30. The van der Waals surface area contributed by atoms with E-state index >= 15 is 0 Å². The van der Waals surface area contributed by atoms with E-state index in [0.717, 1.165) is 36.7 Å². The Kier molecular flexibility index (Phi) is 10.1. The van der Waals surface area contributed by atoms with E-state index in [1.807, 2.05) is 6.92 Å². The number of likely N-dealkylation sites (tertiary alicyclic amines) is 1. The normalized spacial score (nSPS) is 22.6. The fraction of sp³-hybridized carbons (Fsp3) is 0.900. The Bertz CT molecular complexity index is 700. The van der Waals surface area contributed by atoms with Gasteiger partial charge in [0.2, 0.25) is 5.91 Å². The minimum absolute atomic E-state index is 0.143. The summed E-state index contributed by atoms with van der Waals surface area (Å²) in [7, 11) is -4.01. The summed E-state index contributed by atoms with van der Waals surface area (Å²) in [5.74, 6) is -0.931. The number of nitrogens with one attached hydrogen (secondary N) is 1. The Hall–Kier alpha value is -1.27. The van der Waals surface area contributed by atoms with Crippen molar-refractivity contribution in [1.29, 1.82) is 0 Å². The number of hydrogen-bond donors (Lipinski definition) is 2. The molecule has 2 rings (SSSR count). The fourth-order valence-corrected chi connectivity index (χ4v) is 6.43. The molecule has 2 heterocycles. The molecule has 2 atom stereocenters. The van der Waals surface area contributed by atoms with Crippen molar-refractivity contribution in [1.82, 2.24) is 23.9 Å². The lowest BCUT2D eigenvalue weighted by Crippen LogP contribution is -2.53. The van der Waals surface area contributed by atoms with Crippen molar-refractivity contribution < 1.29 is 23.2 Å². The Labute approximate surface area is 186 Å². The molecular weight excluding hydrogens is 422 g/mol. The lowest BCUT2D eigenvalue weighted by atomic mass is 10.2. The van der Waals surface area contributed by atoms with Crippen LogP contribution < -0.4 is 5.48 Å². The van der Waals surface area contributed by atoms with Crippen LogP contribution in [0.3, 0.4) is 0 Å². The summed E-state index contributed by atoms with van der Waals surface area (Å²) in [6.07, 6.45) is 4.34. The second-order valence-electron chi connectivity index (χ2n) is 8.30. The highest BCUT2D eigenvalue weighted by Gasteiger charge is 2.44. The van der Waals surface area contributed by atoms with E-state index in [2.05, 4.69) is 18.7 Å². The van der Waals surface area contributed by atoms with Gasteiger partial charge in [0.05, 0.1) is 6.54 Å². The molecule has 180 valence electrons. The molecule has 11 heteroatoms. The van der Waals surface area contributed by atoms with Gasteiger partial charge in [-0.15, -0.1) is 0 Å². The Morgan fingerprint density at radius 2 is 1.81 bits per heavy atom. The van der Waals surface area contributed by atoms with Gasteiger partial charge in [0.1, 0.15) is 6.04 Å². The number of hydroxylamine groups is 1. The quantitative estimate of drug-likeness (QED) is 0.250. The highest BCUT2D eigenvalue weighted by Crippen LogP contribution is 2.27. The van der Waals surface area contributed by atoms with Gasteiger partial charge in [-0.1, -0.05) is 33.6 Å². The van der Waals surface area contributed by atoms with Crippen LogP contribution in [0.1, 0.15) is 59.3 Å². The molecule has 0 radical (unpaired) electrons. The molecule has 0 spiro atoms. The zero-order valence-electron chi connectivity index (χ0n) is 19.1. The van der Waals surface area contributed by atoms with Crippen LogP contribution in [0, 0.1) is 0 Å². The van der Waals surface area contributed by atoms with Crippen molar-refractivity contribution in [3.8, 4) is 0 Å². The highest BCUT2D eigenvalue weighted by atomic mass is 32.2. The third kappa shape index (κ3) is 6.38. The van der Waals surface area contributed by atoms with E-state index in [0.29, 0.717) is 38.4 Å². The number of unbranched alkanes of at least 4 members (excludes halogenated alkanes) is 2. The molecule has 2 fully saturated rings. The van der Waals surface area contributed by atoms with E-state index in [9.17, 15) is 18.0 Å². The summed E-state index contributed by atoms with van der Waals surface area (Å²) in [5.41, 5.74) is 1.51. The summed E-state index contributed by atoms with van der Waals surface area (Å²) in [4.78, 5) is 29.1. The zero-order chi connectivity index (χ0) is 23.0. The first-order chi connectivity index (χ1) is 14.8. The first-order valence-corrected chi connectivity index (χ1v) is 12.9. The predicted molar refractivity (Wildman–Crippen MR) is 118 cm³/mol. The second kappa shape index (κ2) is 12.1. The van der Waals surface area contributed by atoms with Gasteiger partial charge in [0.25, 0.3) is 16.1 Å². The van der Waals surface area contributed by atoms with E-state index in [1.54, 1.807) is 4.90 Å². The molecule has 2 aliphatic rings. The lowest BCUT2D eigenvalue weighted by molar-refractivity contribution is -0.133. The molecule has 0 saturated carbocycles. The van der Waals surface area contributed by atoms with Crippen LogP contribution in [-0.4, -0.2) is 102 Å². The van der Waals surface area contributed by atoms with Crippen molar-refractivity contribution in [2.24, 2.45) is 0 Å². The summed E-state index contributed by atoms with van der Waals surface area (Å²) < 4.78 is 29.1. The number of hydrogen-bond acceptors (Lipinski definition) is 6. The van der Waals surface area contributed by atoms with Crippen LogP contribution in [0.25, 0.3) is 0 Å². The number of likely N-dealkylation sites (N-methyl/N-ethyl adjacent to an activating group) is 1. The zero-order valence-corrected chi connectivity index (χ0v) is 19.9. The number of nitrogens with zero attached hydrogens (tertiary/aromatic N) is 4. The monoisotopic (exact) mass is 461 g/mol. The van der Waals surface area contributed by atoms with Crippen molar-refractivity contribution in [2.45, 2.75) is 71.4 Å². The van der Waals surface area contributed by atoms with Gasteiger partial charge >= 0.3 is 0 Å². The maximum absolute atomic E-state index is 13.4. The van der Waals surface area contributed by atoms with Gasteiger partial charge in [-0.2, -0.15) is 17.0 Å². The molecule has 31 heavy (non-hydrogen) atoms. The van der Waals surface area contributed by atoms with Gasteiger partial charge in [-0.3, -0.25) is 19.7 Å². The minimum Gasteiger partial charge on any atom is -0.340 e. The van der Waals surface area contributed by atoms with Crippen molar-refractivity contribution in [3.05, 3.63) is 0 Å². The molecule has 10 nitrogen and oxygen atoms in total. The summed E-state index contributed by atoms with van der Waals surface area (Å²) in [5, 5.41) is 8.88. The number of rotatable bonds is 12. The number of carbonyl (C=O) groups excluding carboxylic acids is 2. The third-order valence-electron chi connectivity index (χ3n) is 6.37. The summed E-state index contributed by atoms with van der Waals surface area (Å²) in [6, 6.07) is -0.421. The van der Waals surface area contributed by atoms with Gasteiger partial charge in [-0.25, -0.2) is 5.48 Å². The van der Waals surface area contributed by atoms with Gasteiger partial charge in [0.15, 0.2) is 0 Å². The Balaban J connectivity index is 2.13. The SMILES string of the molecule is CCCCCN(CC(=O)NO)S(=O)(=O)N1CCCC1C(=O)N1CCC(N(CC)CC)C1. The maximum atomic E-state index is 13.4. The Morgan fingerprint density at radius 1 is 1.10 bits per heavy atom. The van der Waals surface area contributed by atoms with Gasteiger partial charge < -0.3 is 4.90 Å². The molecule has 2 unspecified atom stereocenters. The molecule has 0 aromatic carbocycles. The molecule has 0 aliphatic carbocycles. The largest absolute Gasteiger partial charge is 0.340 e. The first-order valence-electron chi connectivity index (χ1n) is 11.5. The third-order valence-corrected chi connectivity index (χ3v) is 8.36. The minimum atomic E-state index is -4.01. The van der Waals surface area contributed by atoms with Crippen molar-refractivity contribution in [2.75, 3.05) is 45.8 Å². The molecule has 0 bridgehead atoms. The molecule has 2 saturated heterocycles. The van der Waals surface area contributed by atoms with Crippen molar-refractivity contribution >= 4 is 22.0 Å². The molecule has 0 aromatic rings. The van der Waals surface area contributed by atoms with Crippen LogP contribution in [0.5, 0.6) is 0 Å². The van der Waals surface area contributed by atoms with E-state index in [4.69, 9.17) is 5.21 Å². The molecule has 2 amide bonds. The smallest absolute Gasteiger partial charge is 0.283 e. The second-order valence-corrected chi connectivity index (χ2v) is 10.2. The van der Waals surface area contributed by atoms with E-state index in [1.165, 1.54) is 9.79 Å². The van der Waals surface area contributed by atoms with Crippen LogP contribution in [0.4, 0.5) is 0 Å². The van der Waals surface area contributed by atoms with E-state index < -0.39 is 28.7 Å². The van der Waals surface area contributed by atoms with Crippen LogP contribution in [0.15, 0.2) is 0 Å². The first kappa shape index (κ1) is 26.0. The molecular formula is C20H39N5O5S. The fourth-order valence-electron chi connectivity index (χ4n) is 4.61. The van der Waals surface area contributed by atoms with Crippen LogP contribution in [-0.2, 0) is 19.8 Å². The molecule has 2 N–H and O–H groups in total. The topological polar surface area (TPSA) is 114 Å². The highest BCUT2D eigenvalue weighted by molar-refractivity contribution is 7.86. The standard InChI is InChI=1S/C20H39N5O5S/c1-4-7-8-12-24(16-19(26)21-28)31(29,30)25-13-9-10-18(25)20(27)23-14-11-17(15-23)22(5-2)6-3/h17-18,28H,4-16H2,1-3H3,(H,21,26).